The molecule has 5 heteroatoms. The van der Waals surface area contributed by atoms with Gasteiger partial charge in [0.25, 0.3) is 0 Å². The Hall–Kier alpha value is -1.23. The smallest absolute Gasteiger partial charge is 0.139 e. The van der Waals surface area contributed by atoms with Crippen LogP contribution in [0.25, 0.3) is 0 Å². The van der Waals surface area contributed by atoms with E-state index in [2.05, 4.69) is 29.5 Å². The Labute approximate surface area is 96.2 Å². The van der Waals surface area contributed by atoms with Crippen molar-refractivity contribution in [2.45, 2.75) is 39.2 Å². The molecule has 0 aliphatic heterocycles. The van der Waals surface area contributed by atoms with Crippen LogP contribution >= 0.6 is 0 Å². The standard InChI is InChI=1S/C11H20N4O/c1-9(2)12-6-4-5-11(16)7-10-8-15(3)14-13-10/h8-9,12H,4-7H2,1-3H3. The molecule has 0 unspecified atom stereocenters. The molecule has 0 atom stereocenters. The monoisotopic (exact) mass is 224 g/mol. The Morgan fingerprint density at radius 1 is 1.56 bits per heavy atom. The molecule has 0 saturated carbocycles. The second-order valence-corrected chi connectivity index (χ2v) is 4.31. The van der Waals surface area contributed by atoms with Crippen LogP contribution in [-0.4, -0.2) is 33.4 Å². The minimum absolute atomic E-state index is 0.228. The molecule has 16 heavy (non-hydrogen) atoms. The fraction of sp³-hybridized carbons (Fsp3) is 0.727. The lowest BCUT2D eigenvalue weighted by molar-refractivity contribution is -0.118. The van der Waals surface area contributed by atoms with E-state index < -0.39 is 0 Å². The summed E-state index contributed by atoms with van der Waals surface area (Å²) in [4.78, 5) is 11.6. The van der Waals surface area contributed by atoms with E-state index in [-0.39, 0.29) is 5.78 Å². The first kappa shape index (κ1) is 12.8. The van der Waals surface area contributed by atoms with Crippen molar-refractivity contribution in [3.63, 3.8) is 0 Å². The van der Waals surface area contributed by atoms with Gasteiger partial charge in [-0.2, -0.15) is 0 Å². The lowest BCUT2D eigenvalue weighted by Gasteiger charge is -2.06. The van der Waals surface area contributed by atoms with Crippen LogP contribution in [0.1, 0.15) is 32.4 Å². The topological polar surface area (TPSA) is 59.8 Å². The molecule has 1 aromatic rings. The Kier molecular flexibility index (Phi) is 5.11. The van der Waals surface area contributed by atoms with Crippen LogP contribution in [-0.2, 0) is 18.3 Å². The Morgan fingerprint density at radius 2 is 2.31 bits per heavy atom. The van der Waals surface area contributed by atoms with Crippen molar-refractivity contribution >= 4 is 5.78 Å². The highest BCUT2D eigenvalue weighted by Crippen LogP contribution is 1.99. The van der Waals surface area contributed by atoms with Crippen LogP contribution < -0.4 is 5.32 Å². The van der Waals surface area contributed by atoms with Gasteiger partial charge in [-0.1, -0.05) is 19.1 Å². The van der Waals surface area contributed by atoms with Crippen molar-refractivity contribution in [3.05, 3.63) is 11.9 Å². The largest absolute Gasteiger partial charge is 0.315 e. The molecule has 5 nitrogen and oxygen atoms in total. The third kappa shape index (κ3) is 5.02. The number of aryl methyl sites for hydroxylation is 1. The molecule has 1 N–H and O–H groups in total. The maximum absolute atomic E-state index is 11.6. The first-order valence-corrected chi connectivity index (χ1v) is 5.68. The summed E-state index contributed by atoms with van der Waals surface area (Å²) in [6.07, 6.45) is 3.67. The van der Waals surface area contributed by atoms with Gasteiger partial charge in [0.05, 0.1) is 12.1 Å². The summed E-state index contributed by atoms with van der Waals surface area (Å²) in [5.41, 5.74) is 0.754. The summed E-state index contributed by atoms with van der Waals surface area (Å²) in [5.74, 6) is 0.228. The number of aromatic nitrogens is 3. The van der Waals surface area contributed by atoms with Crippen LogP contribution in [0.4, 0.5) is 0 Å². The minimum Gasteiger partial charge on any atom is -0.315 e. The predicted octanol–water partition coefficient (Wildman–Crippen LogP) is 0.705. The number of hydrogen-bond acceptors (Lipinski definition) is 4. The average molecular weight is 224 g/mol. The number of nitrogens with one attached hydrogen (secondary N) is 1. The molecule has 1 rings (SSSR count). The Morgan fingerprint density at radius 3 is 2.88 bits per heavy atom. The fourth-order valence-corrected chi connectivity index (χ4v) is 1.44. The Balaban J connectivity index is 2.16. The van der Waals surface area contributed by atoms with E-state index in [9.17, 15) is 4.79 Å². The van der Waals surface area contributed by atoms with Gasteiger partial charge in [-0.05, 0) is 13.0 Å². The first-order chi connectivity index (χ1) is 7.58. The van der Waals surface area contributed by atoms with E-state index in [1.807, 2.05) is 0 Å². The number of carbonyl (C=O) groups is 1. The van der Waals surface area contributed by atoms with E-state index in [1.54, 1.807) is 17.9 Å². The first-order valence-electron chi connectivity index (χ1n) is 5.68. The van der Waals surface area contributed by atoms with Gasteiger partial charge < -0.3 is 5.32 Å². The van der Waals surface area contributed by atoms with Crippen molar-refractivity contribution < 1.29 is 4.79 Å². The average Bonchev–Trinajstić information content (AvgIpc) is 2.58. The number of carbonyl (C=O) groups excluding carboxylic acids is 1. The maximum atomic E-state index is 11.6. The van der Waals surface area contributed by atoms with Crippen LogP contribution in [0.15, 0.2) is 6.20 Å². The summed E-state index contributed by atoms with van der Waals surface area (Å²) >= 11 is 0. The minimum atomic E-state index is 0.228. The van der Waals surface area contributed by atoms with Crippen LogP contribution in [0, 0.1) is 0 Å². The van der Waals surface area contributed by atoms with Gasteiger partial charge in [-0.3, -0.25) is 9.48 Å². The molecule has 0 aromatic carbocycles. The molecule has 1 heterocycles. The van der Waals surface area contributed by atoms with Crippen molar-refractivity contribution in [2.75, 3.05) is 6.54 Å². The summed E-state index contributed by atoms with van der Waals surface area (Å²) in [6.45, 7) is 5.09. The zero-order valence-corrected chi connectivity index (χ0v) is 10.2. The molecule has 0 radical (unpaired) electrons. The van der Waals surface area contributed by atoms with E-state index >= 15 is 0 Å². The van der Waals surface area contributed by atoms with E-state index in [0.717, 1.165) is 18.7 Å². The molecule has 0 saturated heterocycles. The molecule has 0 spiro atoms. The molecular weight excluding hydrogens is 204 g/mol. The quantitative estimate of drug-likeness (QED) is 0.693. The summed E-state index contributed by atoms with van der Waals surface area (Å²) in [5, 5.41) is 11.0. The molecule has 0 aliphatic rings. The molecular formula is C11H20N4O. The zero-order valence-electron chi connectivity index (χ0n) is 10.2. The normalized spacial score (nSPS) is 11.0. The molecule has 0 fully saturated rings. The zero-order chi connectivity index (χ0) is 12.0. The van der Waals surface area contributed by atoms with Gasteiger partial charge >= 0.3 is 0 Å². The highest BCUT2D eigenvalue weighted by atomic mass is 16.1. The summed E-state index contributed by atoms with van der Waals surface area (Å²) < 4.78 is 1.61. The predicted molar refractivity (Wildman–Crippen MR) is 62.1 cm³/mol. The molecule has 0 amide bonds. The third-order valence-electron chi connectivity index (χ3n) is 2.21. The summed E-state index contributed by atoms with van der Waals surface area (Å²) in [6, 6.07) is 0.482. The number of Topliss-reactive ketones (excluding diaryl/α,β-unsaturated/α-hetero) is 1. The van der Waals surface area contributed by atoms with Crippen molar-refractivity contribution in [2.24, 2.45) is 7.05 Å². The van der Waals surface area contributed by atoms with Gasteiger partial charge in [0, 0.05) is 25.7 Å². The molecule has 0 aliphatic carbocycles. The van der Waals surface area contributed by atoms with Crippen LogP contribution in [0.2, 0.25) is 0 Å². The third-order valence-corrected chi connectivity index (χ3v) is 2.21. The number of hydrogen-bond donors (Lipinski definition) is 1. The van der Waals surface area contributed by atoms with Gasteiger partial charge in [0.1, 0.15) is 5.78 Å². The fourth-order valence-electron chi connectivity index (χ4n) is 1.44. The number of ketones is 1. The highest BCUT2D eigenvalue weighted by molar-refractivity contribution is 5.80. The maximum Gasteiger partial charge on any atom is 0.139 e. The number of rotatable bonds is 7. The van der Waals surface area contributed by atoms with E-state index in [0.29, 0.717) is 18.9 Å². The van der Waals surface area contributed by atoms with Crippen molar-refractivity contribution in [1.29, 1.82) is 0 Å². The van der Waals surface area contributed by atoms with Crippen LogP contribution in [0.3, 0.4) is 0 Å². The van der Waals surface area contributed by atoms with E-state index in [4.69, 9.17) is 0 Å². The molecule has 1 aromatic heterocycles. The number of nitrogens with zero attached hydrogens (tertiary/aromatic N) is 3. The lowest BCUT2D eigenvalue weighted by atomic mass is 10.1. The van der Waals surface area contributed by atoms with Crippen molar-refractivity contribution in [3.8, 4) is 0 Å². The Bertz CT molecular complexity index is 332. The molecule has 90 valence electrons. The van der Waals surface area contributed by atoms with Crippen LogP contribution in [0.5, 0.6) is 0 Å². The SMILES string of the molecule is CC(C)NCCCC(=O)Cc1cn(C)nn1. The van der Waals surface area contributed by atoms with Crippen molar-refractivity contribution in [1.82, 2.24) is 20.3 Å². The molecule has 0 bridgehead atoms. The van der Waals surface area contributed by atoms with Gasteiger partial charge in [0.15, 0.2) is 0 Å². The van der Waals surface area contributed by atoms with Gasteiger partial charge in [0.2, 0.25) is 0 Å². The summed E-state index contributed by atoms with van der Waals surface area (Å²) in [7, 11) is 1.80. The highest BCUT2D eigenvalue weighted by Gasteiger charge is 2.06. The van der Waals surface area contributed by atoms with Gasteiger partial charge in [-0.15, -0.1) is 5.10 Å². The van der Waals surface area contributed by atoms with Gasteiger partial charge in [-0.25, -0.2) is 0 Å². The second-order valence-electron chi connectivity index (χ2n) is 4.31. The lowest BCUT2D eigenvalue weighted by Crippen LogP contribution is -2.24. The second kappa shape index (κ2) is 6.37. The van der Waals surface area contributed by atoms with E-state index in [1.165, 1.54) is 0 Å².